The number of carboxylic acid groups (broad SMARTS) is 1. The molecule has 0 bridgehead atoms. The van der Waals surface area contributed by atoms with Crippen molar-refractivity contribution in [3.8, 4) is 22.9 Å². The average molecular weight is 561 g/mol. The van der Waals surface area contributed by atoms with Crippen LogP contribution in [0.2, 0.25) is 0 Å². The predicted octanol–water partition coefficient (Wildman–Crippen LogP) is 5.37. The minimum Gasteiger partial charge on any atom is -0.481 e. The first-order valence-electron chi connectivity index (χ1n) is 12.8. The normalized spacial score (nSPS) is 20.6. The van der Waals surface area contributed by atoms with E-state index in [0.29, 0.717) is 23.2 Å². The molecule has 40 heavy (non-hydrogen) atoms. The summed E-state index contributed by atoms with van der Waals surface area (Å²) in [7, 11) is 0. The third-order valence-corrected chi connectivity index (χ3v) is 7.75. The van der Waals surface area contributed by atoms with Crippen LogP contribution in [-0.4, -0.2) is 44.8 Å². The van der Waals surface area contributed by atoms with Gasteiger partial charge in [0.2, 0.25) is 11.8 Å². The van der Waals surface area contributed by atoms with Crippen LogP contribution in [-0.2, 0) is 17.8 Å². The van der Waals surface area contributed by atoms with E-state index >= 15 is 0 Å². The highest BCUT2D eigenvalue weighted by Gasteiger charge is 2.59. The molecular formula is C29H28F4N2O5. The second-order valence-corrected chi connectivity index (χ2v) is 10.7. The minimum atomic E-state index is -2.93. The number of ether oxygens (including phenoxy) is 2. The molecule has 0 spiro atoms. The summed E-state index contributed by atoms with van der Waals surface area (Å²) in [5.74, 6) is -2.30. The van der Waals surface area contributed by atoms with Crippen LogP contribution < -0.4 is 9.47 Å². The van der Waals surface area contributed by atoms with Crippen molar-refractivity contribution in [3.63, 3.8) is 0 Å². The van der Waals surface area contributed by atoms with Crippen molar-refractivity contribution in [2.75, 3.05) is 6.61 Å². The molecule has 2 aliphatic rings. The molecule has 0 aliphatic heterocycles. The van der Waals surface area contributed by atoms with Crippen molar-refractivity contribution in [2.24, 2.45) is 11.8 Å². The van der Waals surface area contributed by atoms with Crippen LogP contribution in [0, 0.1) is 37.3 Å². The second kappa shape index (κ2) is 10.3. The van der Waals surface area contributed by atoms with Crippen LogP contribution in [0.1, 0.15) is 47.2 Å². The van der Waals surface area contributed by atoms with E-state index in [0.717, 1.165) is 24.1 Å². The number of aliphatic carboxylic acids is 1. The number of carboxylic acids is 1. The molecule has 2 unspecified atom stereocenters. The Balaban J connectivity index is 1.30. The molecule has 11 heteroatoms. The van der Waals surface area contributed by atoms with Gasteiger partial charge in [0.15, 0.2) is 0 Å². The van der Waals surface area contributed by atoms with E-state index in [-0.39, 0.29) is 60.3 Å². The molecule has 1 saturated carbocycles. The SMILES string of the molecule is Cc1cc(OCCC(C)(O)C(F)F)nc(C)c1-c1cc(COc2cc3c(cn2)C2[C@@H](C3)[C@@H]2C(=O)O)c(F)cc1F. The van der Waals surface area contributed by atoms with Crippen molar-refractivity contribution in [3.05, 3.63) is 70.0 Å². The molecule has 2 N–H and O–H groups in total. The molecular weight excluding hydrogens is 532 g/mol. The van der Waals surface area contributed by atoms with Gasteiger partial charge in [0.25, 0.3) is 6.43 Å². The molecule has 212 valence electrons. The fraction of sp³-hybridized carbons (Fsp3) is 0.414. The number of aryl methyl sites for hydroxylation is 2. The summed E-state index contributed by atoms with van der Waals surface area (Å²) in [6.07, 6.45) is -1.00. The zero-order chi connectivity index (χ0) is 28.9. The lowest BCUT2D eigenvalue weighted by Gasteiger charge is -2.22. The molecule has 0 amide bonds. The van der Waals surface area contributed by atoms with Gasteiger partial charge in [-0.05, 0) is 55.9 Å². The number of aromatic nitrogens is 2. The van der Waals surface area contributed by atoms with Crippen LogP contribution in [0.25, 0.3) is 11.1 Å². The number of benzene rings is 1. The second-order valence-electron chi connectivity index (χ2n) is 10.7. The number of alkyl halides is 2. The van der Waals surface area contributed by atoms with Gasteiger partial charge in [0.05, 0.1) is 12.5 Å². The van der Waals surface area contributed by atoms with E-state index in [1.165, 1.54) is 12.1 Å². The first kappa shape index (κ1) is 27.8. The number of hydrogen-bond donors (Lipinski definition) is 2. The molecule has 0 saturated heterocycles. The van der Waals surface area contributed by atoms with E-state index in [9.17, 15) is 32.6 Å². The van der Waals surface area contributed by atoms with Gasteiger partial charge in [-0.3, -0.25) is 4.79 Å². The summed E-state index contributed by atoms with van der Waals surface area (Å²) in [6.45, 7) is 3.92. The van der Waals surface area contributed by atoms with E-state index < -0.39 is 29.6 Å². The standard InChI is InChI=1S/C29H28F4N2O5/c1-13-6-23(39-5-4-29(3,38)28(32)33)35-14(2)24(13)17-8-16(20(30)10-21(17)31)12-40-22-9-15-7-18-25(19(15)11-34-22)26(18)27(36)37/h6,8-11,18,25-26,28,38H,4-5,7,12H2,1-3H3,(H,36,37)/t18-,25?,26+,29?/m1/s1. The lowest BCUT2D eigenvalue weighted by molar-refractivity contribution is -0.139. The lowest BCUT2D eigenvalue weighted by Crippen LogP contribution is -2.35. The van der Waals surface area contributed by atoms with Crippen LogP contribution in [0.3, 0.4) is 0 Å². The number of aliphatic hydroxyl groups is 1. The van der Waals surface area contributed by atoms with Gasteiger partial charge in [-0.15, -0.1) is 0 Å². The fourth-order valence-electron chi connectivity index (χ4n) is 5.48. The lowest BCUT2D eigenvalue weighted by atomic mass is 9.97. The van der Waals surface area contributed by atoms with Crippen molar-refractivity contribution in [2.45, 2.75) is 58.2 Å². The zero-order valence-electron chi connectivity index (χ0n) is 22.1. The smallest absolute Gasteiger partial charge is 0.307 e. The van der Waals surface area contributed by atoms with Gasteiger partial charge in [-0.2, -0.15) is 0 Å². The van der Waals surface area contributed by atoms with E-state index in [2.05, 4.69) is 9.97 Å². The Kier molecular flexibility index (Phi) is 7.20. The van der Waals surface area contributed by atoms with Gasteiger partial charge in [0.1, 0.15) is 23.8 Å². The molecule has 2 aliphatic carbocycles. The molecule has 0 radical (unpaired) electrons. The van der Waals surface area contributed by atoms with Gasteiger partial charge < -0.3 is 19.7 Å². The first-order chi connectivity index (χ1) is 18.9. The topological polar surface area (TPSA) is 102 Å². The highest BCUT2D eigenvalue weighted by molar-refractivity contribution is 5.77. The van der Waals surface area contributed by atoms with Crippen LogP contribution >= 0.6 is 0 Å². The molecule has 5 rings (SSSR count). The van der Waals surface area contributed by atoms with E-state index in [1.54, 1.807) is 26.1 Å². The average Bonchev–Trinajstić information content (AvgIpc) is 3.46. The predicted molar refractivity (Wildman–Crippen MR) is 135 cm³/mol. The van der Waals surface area contributed by atoms with Gasteiger partial charge in [-0.25, -0.2) is 27.5 Å². The third-order valence-electron chi connectivity index (χ3n) is 7.75. The summed E-state index contributed by atoms with van der Waals surface area (Å²) in [4.78, 5) is 19.9. The maximum atomic E-state index is 14.9. The molecule has 3 aromatic rings. The number of hydrogen-bond acceptors (Lipinski definition) is 6. The minimum absolute atomic E-state index is 0.0180. The first-order valence-corrected chi connectivity index (χ1v) is 12.8. The van der Waals surface area contributed by atoms with Crippen LogP contribution in [0.4, 0.5) is 17.6 Å². The Morgan fingerprint density at radius 3 is 2.55 bits per heavy atom. The molecule has 2 heterocycles. The van der Waals surface area contributed by atoms with Crippen LogP contribution in [0.5, 0.6) is 11.8 Å². The van der Waals surface area contributed by atoms with Crippen LogP contribution in [0.15, 0.2) is 30.5 Å². The number of rotatable bonds is 10. The summed E-state index contributed by atoms with van der Waals surface area (Å²) >= 11 is 0. The van der Waals surface area contributed by atoms with Crippen molar-refractivity contribution < 1.29 is 42.0 Å². The quantitative estimate of drug-likeness (QED) is 0.322. The molecule has 4 atom stereocenters. The van der Waals surface area contributed by atoms with E-state index in [1.807, 2.05) is 0 Å². The van der Waals surface area contributed by atoms with Crippen molar-refractivity contribution in [1.82, 2.24) is 9.97 Å². The highest BCUT2D eigenvalue weighted by atomic mass is 19.3. The Labute approximate surface area is 227 Å². The summed E-state index contributed by atoms with van der Waals surface area (Å²) in [6, 6.07) is 5.38. The molecule has 1 aromatic carbocycles. The number of halogens is 4. The van der Waals surface area contributed by atoms with Gasteiger partial charge in [-0.1, -0.05) is 0 Å². The third kappa shape index (κ3) is 5.22. The van der Waals surface area contributed by atoms with Crippen molar-refractivity contribution in [1.29, 1.82) is 0 Å². The van der Waals surface area contributed by atoms with Gasteiger partial charge >= 0.3 is 5.97 Å². The Morgan fingerprint density at radius 1 is 1.12 bits per heavy atom. The summed E-state index contributed by atoms with van der Waals surface area (Å²) in [5, 5.41) is 19.0. The number of fused-ring (bicyclic) bond motifs is 3. The molecule has 1 fully saturated rings. The van der Waals surface area contributed by atoms with Crippen molar-refractivity contribution >= 4 is 5.97 Å². The maximum Gasteiger partial charge on any atom is 0.307 e. The Morgan fingerprint density at radius 2 is 1.88 bits per heavy atom. The molecule has 7 nitrogen and oxygen atoms in total. The Bertz CT molecular complexity index is 1460. The molecule has 2 aromatic heterocycles. The fourth-order valence-corrected chi connectivity index (χ4v) is 5.48. The maximum absolute atomic E-state index is 14.9. The summed E-state index contributed by atoms with van der Waals surface area (Å²) in [5.41, 5.74) is 1.26. The van der Waals surface area contributed by atoms with Gasteiger partial charge in [0, 0.05) is 59.1 Å². The summed E-state index contributed by atoms with van der Waals surface area (Å²) < 4.78 is 66.5. The van der Waals surface area contributed by atoms with E-state index in [4.69, 9.17) is 9.47 Å². The number of carbonyl (C=O) groups is 1. The Hall–Kier alpha value is -3.73. The highest BCUT2D eigenvalue weighted by Crippen LogP contribution is 2.61. The number of pyridine rings is 2. The monoisotopic (exact) mass is 560 g/mol. The largest absolute Gasteiger partial charge is 0.481 e. The number of nitrogens with zero attached hydrogens (tertiary/aromatic N) is 2. The zero-order valence-corrected chi connectivity index (χ0v) is 22.1.